The van der Waals surface area contributed by atoms with E-state index in [1.54, 1.807) is 24.3 Å². The molecule has 5 nitrogen and oxygen atoms in total. The summed E-state index contributed by atoms with van der Waals surface area (Å²) < 4.78 is 26.0. The first-order valence-electron chi connectivity index (χ1n) is 10.1. The van der Waals surface area contributed by atoms with Crippen LogP contribution in [-0.2, 0) is 21.2 Å². The highest BCUT2D eigenvalue weighted by Crippen LogP contribution is 2.22. The van der Waals surface area contributed by atoms with Gasteiger partial charge in [0.05, 0.1) is 11.9 Å². The van der Waals surface area contributed by atoms with Crippen molar-refractivity contribution in [3.05, 3.63) is 65.7 Å². The average Bonchev–Trinajstić information content (AvgIpc) is 2.69. The van der Waals surface area contributed by atoms with Crippen LogP contribution < -0.4 is 9.62 Å². The first kappa shape index (κ1) is 22.9. The van der Waals surface area contributed by atoms with Crippen LogP contribution in [0.4, 0.5) is 5.69 Å². The van der Waals surface area contributed by atoms with E-state index in [1.807, 2.05) is 13.0 Å². The van der Waals surface area contributed by atoms with Crippen molar-refractivity contribution in [1.82, 2.24) is 5.32 Å². The van der Waals surface area contributed by atoms with Crippen molar-refractivity contribution < 1.29 is 13.2 Å². The Bertz CT molecular complexity index is 878. The summed E-state index contributed by atoms with van der Waals surface area (Å²) in [6.07, 6.45) is 3.19. The van der Waals surface area contributed by atoms with Gasteiger partial charge in [0.2, 0.25) is 15.9 Å². The summed E-state index contributed by atoms with van der Waals surface area (Å²) in [7, 11) is -3.59. The lowest BCUT2D eigenvalue weighted by atomic mass is 10.0. The minimum atomic E-state index is -3.59. The summed E-state index contributed by atoms with van der Waals surface area (Å²) in [5.41, 5.74) is 3.05. The molecule has 0 aliphatic rings. The van der Waals surface area contributed by atoms with Crippen LogP contribution in [0.15, 0.2) is 54.6 Å². The highest BCUT2D eigenvalue weighted by molar-refractivity contribution is 7.92. The summed E-state index contributed by atoms with van der Waals surface area (Å²) in [6.45, 7) is 6.67. The zero-order valence-corrected chi connectivity index (χ0v) is 18.6. The molecule has 0 aliphatic heterocycles. The highest BCUT2D eigenvalue weighted by Gasteiger charge is 2.31. The Balaban J connectivity index is 1.96. The van der Waals surface area contributed by atoms with Crippen molar-refractivity contribution in [2.24, 2.45) is 0 Å². The molecule has 0 saturated carbocycles. The Morgan fingerprint density at radius 3 is 2.17 bits per heavy atom. The number of benzene rings is 2. The van der Waals surface area contributed by atoms with Crippen molar-refractivity contribution in [1.29, 1.82) is 0 Å². The smallest absolute Gasteiger partial charge is 0.243 e. The number of hydrogen-bond donors (Lipinski definition) is 1. The van der Waals surface area contributed by atoms with Gasteiger partial charge in [-0.3, -0.25) is 9.10 Å². The van der Waals surface area contributed by atoms with E-state index in [1.165, 1.54) is 15.4 Å². The van der Waals surface area contributed by atoms with E-state index in [2.05, 4.69) is 43.4 Å². The number of carbonyl (C=O) groups is 1. The topological polar surface area (TPSA) is 66.5 Å². The Labute approximate surface area is 175 Å². The van der Waals surface area contributed by atoms with Crippen molar-refractivity contribution in [3.63, 3.8) is 0 Å². The third-order valence-corrected chi connectivity index (χ3v) is 6.11. The first-order valence-corrected chi connectivity index (χ1v) is 12.0. The van der Waals surface area contributed by atoms with Crippen LogP contribution in [0.5, 0.6) is 0 Å². The van der Waals surface area contributed by atoms with Crippen LogP contribution in [0.25, 0.3) is 0 Å². The second kappa shape index (κ2) is 10.4. The highest BCUT2D eigenvalue weighted by atomic mass is 32.2. The van der Waals surface area contributed by atoms with Gasteiger partial charge in [-0.05, 0) is 48.4 Å². The standard InChI is InChI=1S/C23H32N2O3S/c1-5-22(25(29(4,27)28)21-11-7-6-8-12-21)23(26)24-17-9-10-19-13-15-20(16-14-19)18(2)3/h6-8,11-16,18,22H,5,9-10,17H2,1-4H3,(H,24,26). The number of carbonyl (C=O) groups excluding carboxylic acids is 1. The number of para-hydroxylation sites is 1. The van der Waals surface area contributed by atoms with Gasteiger partial charge in [-0.1, -0.05) is 63.2 Å². The number of nitrogens with zero attached hydrogens (tertiary/aromatic N) is 1. The Morgan fingerprint density at radius 2 is 1.66 bits per heavy atom. The molecule has 158 valence electrons. The lowest BCUT2D eigenvalue weighted by molar-refractivity contribution is -0.122. The molecule has 1 N–H and O–H groups in total. The van der Waals surface area contributed by atoms with E-state index in [9.17, 15) is 13.2 Å². The van der Waals surface area contributed by atoms with Crippen LogP contribution in [0.2, 0.25) is 0 Å². The molecule has 0 saturated heterocycles. The zero-order valence-electron chi connectivity index (χ0n) is 17.8. The van der Waals surface area contributed by atoms with Gasteiger partial charge >= 0.3 is 0 Å². The van der Waals surface area contributed by atoms with Crippen molar-refractivity contribution >= 4 is 21.6 Å². The van der Waals surface area contributed by atoms with Gasteiger partial charge < -0.3 is 5.32 Å². The molecule has 0 radical (unpaired) electrons. The van der Waals surface area contributed by atoms with E-state index < -0.39 is 16.1 Å². The largest absolute Gasteiger partial charge is 0.354 e. The Hall–Kier alpha value is -2.34. The third-order valence-electron chi connectivity index (χ3n) is 4.93. The quantitative estimate of drug-likeness (QED) is 0.593. The molecule has 2 aromatic rings. The fourth-order valence-corrected chi connectivity index (χ4v) is 4.54. The van der Waals surface area contributed by atoms with Gasteiger partial charge in [0.1, 0.15) is 6.04 Å². The zero-order chi connectivity index (χ0) is 21.4. The molecule has 1 atom stereocenters. The second-order valence-electron chi connectivity index (χ2n) is 7.61. The molecule has 2 aromatic carbocycles. The van der Waals surface area contributed by atoms with Crippen LogP contribution in [0, 0.1) is 0 Å². The van der Waals surface area contributed by atoms with Crippen LogP contribution in [-0.4, -0.2) is 33.2 Å². The fourth-order valence-electron chi connectivity index (χ4n) is 3.33. The van der Waals surface area contributed by atoms with E-state index in [-0.39, 0.29) is 5.91 Å². The number of nitrogens with one attached hydrogen (secondary N) is 1. The summed E-state index contributed by atoms with van der Waals surface area (Å²) in [4.78, 5) is 12.7. The number of aryl methyl sites for hydroxylation is 1. The first-order chi connectivity index (χ1) is 13.7. The average molecular weight is 417 g/mol. The maximum atomic E-state index is 12.7. The molecule has 0 heterocycles. The van der Waals surface area contributed by atoms with E-state index >= 15 is 0 Å². The summed E-state index contributed by atoms with van der Waals surface area (Å²) in [5, 5.41) is 2.91. The number of rotatable bonds is 10. The molecular weight excluding hydrogens is 384 g/mol. The van der Waals surface area contributed by atoms with Crippen molar-refractivity contribution in [2.45, 2.75) is 52.0 Å². The van der Waals surface area contributed by atoms with Gasteiger partial charge in [0, 0.05) is 6.54 Å². The molecule has 0 aromatic heterocycles. The van der Waals surface area contributed by atoms with Crippen molar-refractivity contribution in [3.8, 4) is 0 Å². The molecule has 1 amide bonds. The molecule has 0 fully saturated rings. The normalized spacial score (nSPS) is 12.6. The Kier molecular flexibility index (Phi) is 8.26. The third kappa shape index (κ3) is 6.60. The summed E-state index contributed by atoms with van der Waals surface area (Å²) in [6, 6.07) is 16.6. The van der Waals surface area contributed by atoms with Crippen LogP contribution in [0.3, 0.4) is 0 Å². The summed E-state index contributed by atoms with van der Waals surface area (Å²) >= 11 is 0. The number of anilines is 1. The molecule has 1 unspecified atom stereocenters. The molecule has 0 aliphatic carbocycles. The number of sulfonamides is 1. The second-order valence-corrected chi connectivity index (χ2v) is 9.47. The molecule has 29 heavy (non-hydrogen) atoms. The predicted octanol–water partition coefficient (Wildman–Crippen LogP) is 4.10. The molecule has 2 rings (SSSR count). The maximum Gasteiger partial charge on any atom is 0.243 e. The molecular formula is C23H32N2O3S. The van der Waals surface area contributed by atoms with E-state index in [4.69, 9.17) is 0 Å². The van der Waals surface area contributed by atoms with Gasteiger partial charge in [-0.2, -0.15) is 0 Å². The minimum Gasteiger partial charge on any atom is -0.354 e. The fraction of sp³-hybridized carbons (Fsp3) is 0.435. The maximum absolute atomic E-state index is 12.7. The number of hydrogen-bond acceptors (Lipinski definition) is 3. The van der Waals surface area contributed by atoms with Gasteiger partial charge in [0.25, 0.3) is 0 Å². The lowest BCUT2D eigenvalue weighted by Gasteiger charge is -2.30. The van der Waals surface area contributed by atoms with Gasteiger partial charge in [-0.25, -0.2) is 8.42 Å². The van der Waals surface area contributed by atoms with Gasteiger partial charge in [-0.15, -0.1) is 0 Å². The Morgan fingerprint density at radius 1 is 1.03 bits per heavy atom. The molecule has 0 spiro atoms. The van der Waals surface area contributed by atoms with Gasteiger partial charge in [0.15, 0.2) is 0 Å². The van der Waals surface area contributed by atoms with Crippen LogP contribution >= 0.6 is 0 Å². The SMILES string of the molecule is CCC(C(=O)NCCCc1ccc(C(C)C)cc1)N(c1ccccc1)S(C)(=O)=O. The van der Waals surface area contributed by atoms with Crippen molar-refractivity contribution in [2.75, 3.05) is 17.1 Å². The number of amides is 1. The molecule has 6 heteroatoms. The lowest BCUT2D eigenvalue weighted by Crippen LogP contribution is -2.49. The minimum absolute atomic E-state index is 0.267. The van der Waals surface area contributed by atoms with E-state index in [0.29, 0.717) is 24.6 Å². The monoisotopic (exact) mass is 416 g/mol. The van der Waals surface area contributed by atoms with Crippen LogP contribution in [0.1, 0.15) is 50.7 Å². The summed E-state index contributed by atoms with van der Waals surface area (Å²) in [5.74, 6) is 0.244. The predicted molar refractivity (Wildman–Crippen MR) is 120 cm³/mol. The molecule has 0 bridgehead atoms. The van der Waals surface area contributed by atoms with E-state index in [0.717, 1.165) is 19.1 Å².